The number of nitrogens with zero attached hydrogens (tertiary/aromatic N) is 4. The number of aryl methyl sites for hydroxylation is 4. The van der Waals surface area contributed by atoms with Crippen LogP contribution in [0.3, 0.4) is 0 Å². The molecule has 0 aliphatic carbocycles. The minimum absolute atomic E-state index is 0. The fraction of sp³-hybridized carbons (Fsp3) is 0.174. The maximum Gasteiger partial charge on any atom is 2.00 e. The number of rotatable bonds is 4. The molecule has 0 spiro atoms. The standard InChI is InChI=1S/2C23H21N2.Zn/c2*1-14-12-16(3)24-22(14)21(23-15(2)13-17(4)25-23)20-11-7-9-18-8-5-6-10-19(18)20;/h2*5-13H,1-4H3;/q2*-1;+2/b2*22-21-;. The summed E-state index contributed by atoms with van der Waals surface area (Å²) < 4.78 is 0. The smallest absolute Gasteiger partial charge is 0.661 e. The number of hydrogen-bond donors (Lipinski definition) is 0. The molecule has 2 aliphatic heterocycles. The number of benzene rings is 4. The summed E-state index contributed by atoms with van der Waals surface area (Å²) in [5.74, 6) is 0. The number of hydrogen-bond acceptors (Lipinski definition) is 2. The van der Waals surface area contributed by atoms with E-state index in [9.17, 15) is 0 Å². The van der Waals surface area contributed by atoms with Crippen molar-refractivity contribution in [1.29, 1.82) is 0 Å². The van der Waals surface area contributed by atoms with Gasteiger partial charge in [-0.05, 0) is 109 Å². The first-order valence-corrected chi connectivity index (χ1v) is 17.2. The summed E-state index contributed by atoms with van der Waals surface area (Å²) in [5.41, 5.74) is 17.8. The van der Waals surface area contributed by atoms with Gasteiger partial charge >= 0.3 is 19.5 Å². The summed E-state index contributed by atoms with van der Waals surface area (Å²) in [5, 5.41) is 4.94. The van der Waals surface area contributed by atoms with E-state index in [1.54, 1.807) is 0 Å². The van der Waals surface area contributed by atoms with Gasteiger partial charge < -0.3 is 9.97 Å². The molecule has 0 fully saturated rings. The van der Waals surface area contributed by atoms with Gasteiger partial charge in [0, 0.05) is 11.4 Å². The molecule has 6 aromatic rings. The van der Waals surface area contributed by atoms with E-state index in [1.165, 1.54) is 54.9 Å². The van der Waals surface area contributed by atoms with E-state index in [0.717, 1.165) is 56.7 Å². The van der Waals surface area contributed by atoms with Crippen molar-refractivity contribution in [2.45, 2.75) is 55.4 Å². The van der Waals surface area contributed by atoms with Gasteiger partial charge in [-0.3, -0.25) is 9.98 Å². The van der Waals surface area contributed by atoms with Gasteiger partial charge in [-0.25, -0.2) is 0 Å². The SMILES string of the molecule is CC1=CC(C)=N/C1=C(\c1[n-]c(C)cc1C)c1cccc2ccccc12.CC1=CC(C)=N/C1=C(\c1[n-]c(C)cc1C)c1cccc2ccccc12.[Zn+2]. The monoisotopic (exact) mass is 714 g/mol. The summed E-state index contributed by atoms with van der Waals surface area (Å²) in [4.78, 5) is 19.4. The third-order valence-corrected chi connectivity index (χ3v) is 9.41. The summed E-state index contributed by atoms with van der Waals surface area (Å²) in [6, 6.07) is 34.2. The largest absolute Gasteiger partial charge is 2.00 e. The van der Waals surface area contributed by atoms with Gasteiger partial charge in [-0.2, -0.15) is 11.4 Å². The maximum atomic E-state index is 4.84. The predicted octanol–water partition coefficient (Wildman–Crippen LogP) is 11.2. The van der Waals surface area contributed by atoms with Crippen LogP contribution in [0.2, 0.25) is 0 Å². The minimum atomic E-state index is 0. The zero-order valence-electron chi connectivity index (χ0n) is 30.9. The van der Waals surface area contributed by atoms with E-state index < -0.39 is 0 Å². The van der Waals surface area contributed by atoms with Crippen molar-refractivity contribution in [3.63, 3.8) is 0 Å². The Morgan fingerprint density at radius 3 is 1.18 bits per heavy atom. The van der Waals surface area contributed by atoms with Crippen molar-refractivity contribution in [1.82, 2.24) is 9.97 Å². The predicted molar refractivity (Wildman–Crippen MR) is 212 cm³/mol. The summed E-state index contributed by atoms with van der Waals surface area (Å²) in [6.07, 6.45) is 4.29. The van der Waals surface area contributed by atoms with Crippen LogP contribution in [0.25, 0.3) is 32.7 Å². The first-order chi connectivity index (χ1) is 24.1. The van der Waals surface area contributed by atoms with Crippen LogP contribution < -0.4 is 9.97 Å². The molecule has 0 unspecified atom stereocenters. The van der Waals surface area contributed by atoms with Crippen LogP contribution in [-0.2, 0) is 19.5 Å². The second-order valence-electron chi connectivity index (χ2n) is 13.5. The minimum Gasteiger partial charge on any atom is -0.661 e. The van der Waals surface area contributed by atoms with Crippen LogP contribution in [0.4, 0.5) is 0 Å². The van der Waals surface area contributed by atoms with E-state index in [2.05, 4.69) is 137 Å². The normalized spacial score (nSPS) is 15.8. The summed E-state index contributed by atoms with van der Waals surface area (Å²) >= 11 is 0. The quantitative estimate of drug-likeness (QED) is 0.171. The first kappa shape index (κ1) is 35.7. The molecule has 0 N–H and O–H groups in total. The Kier molecular flexibility index (Phi) is 10.2. The zero-order valence-corrected chi connectivity index (χ0v) is 33.9. The van der Waals surface area contributed by atoms with E-state index in [0.29, 0.717) is 0 Å². The van der Waals surface area contributed by atoms with Crippen LogP contribution in [0.5, 0.6) is 0 Å². The Hall–Kier alpha value is -5.12. The van der Waals surface area contributed by atoms with E-state index in [-0.39, 0.29) is 19.5 Å². The maximum absolute atomic E-state index is 4.84. The van der Waals surface area contributed by atoms with Gasteiger partial charge in [0.1, 0.15) is 0 Å². The zero-order chi connectivity index (χ0) is 35.1. The van der Waals surface area contributed by atoms with Crippen LogP contribution >= 0.6 is 0 Å². The molecular weight excluding hydrogens is 674 g/mol. The summed E-state index contributed by atoms with van der Waals surface area (Å²) in [6.45, 7) is 16.7. The molecule has 4 nitrogen and oxygen atoms in total. The van der Waals surface area contributed by atoms with Crippen LogP contribution in [0, 0.1) is 27.7 Å². The van der Waals surface area contributed by atoms with Crippen LogP contribution in [0.15, 0.2) is 142 Å². The Bertz CT molecular complexity index is 2320. The van der Waals surface area contributed by atoms with E-state index in [1.807, 2.05) is 27.7 Å². The molecular formula is C46H42N4Zn. The molecule has 2 aliphatic rings. The van der Waals surface area contributed by atoms with Crippen molar-refractivity contribution in [2.75, 3.05) is 0 Å². The third kappa shape index (κ3) is 6.96. The van der Waals surface area contributed by atoms with Gasteiger partial charge in [0.15, 0.2) is 0 Å². The molecule has 0 amide bonds. The Morgan fingerprint density at radius 1 is 0.471 bits per heavy atom. The van der Waals surface area contributed by atoms with Crippen LogP contribution in [-0.4, -0.2) is 11.4 Å². The van der Waals surface area contributed by atoms with Crippen molar-refractivity contribution in [3.8, 4) is 0 Å². The summed E-state index contributed by atoms with van der Waals surface area (Å²) in [7, 11) is 0. The molecule has 0 bridgehead atoms. The van der Waals surface area contributed by atoms with Gasteiger partial charge in [0.25, 0.3) is 0 Å². The van der Waals surface area contributed by atoms with Crippen molar-refractivity contribution in [3.05, 3.63) is 177 Å². The fourth-order valence-electron chi connectivity index (χ4n) is 7.35. The van der Waals surface area contributed by atoms with Gasteiger partial charge in [-0.15, -0.1) is 11.4 Å². The van der Waals surface area contributed by atoms with E-state index >= 15 is 0 Å². The number of aromatic nitrogens is 2. The Morgan fingerprint density at radius 2 is 0.843 bits per heavy atom. The molecule has 0 saturated carbocycles. The molecule has 5 heteroatoms. The fourth-order valence-corrected chi connectivity index (χ4v) is 7.35. The van der Waals surface area contributed by atoms with E-state index in [4.69, 9.17) is 20.0 Å². The second-order valence-corrected chi connectivity index (χ2v) is 13.5. The molecule has 4 aromatic carbocycles. The topological polar surface area (TPSA) is 52.9 Å². The van der Waals surface area contributed by atoms with Gasteiger partial charge in [0.2, 0.25) is 0 Å². The molecule has 4 heterocycles. The number of aliphatic imine (C=N–C) groups is 2. The van der Waals surface area contributed by atoms with Gasteiger partial charge in [-0.1, -0.05) is 122 Å². The van der Waals surface area contributed by atoms with Crippen molar-refractivity contribution >= 4 is 44.1 Å². The molecule has 0 radical (unpaired) electrons. The van der Waals surface area contributed by atoms with Gasteiger partial charge in [0.05, 0.1) is 11.4 Å². The van der Waals surface area contributed by atoms with Crippen LogP contribution in [0.1, 0.15) is 72.7 Å². The Balaban J connectivity index is 0.000000172. The molecule has 2 aromatic heterocycles. The molecule has 0 atom stereocenters. The first-order valence-electron chi connectivity index (χ1n) is 17.2. The average Bonchev–Trinajstić information content (AvgIpc) is 3.82. The van der Waals surface area contributed by atoms with Crippen molar-refractivity contribution in [2.24, 2.45) is 9.98 Å². The molecule has 51 heavy (non-hydrogen) atoms. The second kappa shape index (κ2) is 14.6. The molecule has 248 valence electrons. The average molecular weight is 716 g/mol. The molecule has 8 rings (SSSR count). The third-order valence-electron chi connectivity index (χ3n) is 9.41. The number of fused-ring (bicyclic) bond motifs is 2. The Labute approximate surface area is 314 Å². The number of allylic oxidation sites excluding steroid dienone is 4. The van der Waals surface area contributed by atoms with Crippen molar-refractivity contribution < 1.29 is 19.5 Å². The molecule has 0 saturated heterocycles.